The van der Waals surface area contributed by atoms with Crippen LogP contribution in [0.15, 0.2) is 18.2 Å². The second-order valence-electron chi connectivity index (χ2n) is 7.52. The second kappa shape index (κ2) is 7.81. The summed E-state index contributed by atoms with van der Waals surface area (Å²) >= 11 is 0. The molecule has 0 unspecified atom stereocenters. The maximum atomic E-state index is 12.2. The van der Waals surface area contributed by atoms with Crippen molar-refractivity contribution >= 4 is 5.91 Å². The fourth-order valence-corrected chi connectivity index (χ4v) is 3.68. The van der Waals surface area contributed by atoms with Gasteiger partial charge in [0.2, 0.25) is 5.91 Å². The molecule has 3 rings (SSSR count). The van der Waals surface area contributed by atoms with Gasteiger partial charge in [0.05, 0.1) is 37.2 Å². The van der Waals surface area contributed by atoms with Gasteiger partial charge in [-0.15, -0.1) is 0 Å². The standard InChI is InChI=1S/C19H29N3O3/c1-15-5-4-6-16(20-15)13-24-17-11-19(25-14-17)7-9-22(10-8-19)18(23)12-21(2)3/h4-6,17H,7-14H2,1-3H3/t17-/m1/s1. The molecule has 1 aromatic heterocycles. The van der Waals surface area contributed by atoms with Gasteiger partial charge in [0.15, 0.2) is 0 Å². The van der Waals surface area contributed by atoms with Gasteiger partial charge in [0.25, 0.3) is 0 Å². The number of aromatic nitrogens is 1. The highest BCUT2D eigenvalue weighted by molar-refractivity contribution is 5.78. The van der Waals surface area contributed by atoms with Crippen LogP contribution in [0.3, 0.4) is 0 Å². The molecule has 1 atom stereocenters. The molecule has 0 aromatic carbocycles. The summed E-state index contributed by atoms with van der Waals surface area (Å²) in [4.78, 5) is 20.5. The van der Waals surface area contributed by atoms with E-state index < -0.39 is 0 Å². The minimum atomic E-state index is -0.112. The minimum Gasteiger partial charge on any atom is -0.372 e. The van der Waals surface area contributed by atoms with Crippen LogP contribution in [0.1, 0.15) is 30.7 Å². The predicted molar refractivity (Wildman–Crippen MR) is 95.2 cm³/mol. The Bertz CT molecular complexity index is 597. The lowest BCUT2D eigenvalue weighted by Crippen LogP contribution is -2.48. The first-order valence-corrected chi connectivity index (χ1v) is 9.06. The van der Waals surface area contributed by atoms with Crippen molar-refractivity contribution in [3.63, 3.8) is 0 Å². The van der Waals surface area contributed by atoms with Crippen molar-refractivity contribution in [1.29, 1.82) is 0 Å². The first-order valence-electron chi connectivity index (χ1n) is 9.06. The Morgan fingerprint density at radius 1 is 1.40 bits per heavy atom. The number of likely N-dealkylation sites (N-methyl/N-ethyl adjacent to an activating group) is 1. The van der Waals surface area contributed by atoms with E-state index in [1.54, 1.807) is 0 Å². The van der Waals surface area contributed by atoms with E-state index in [1.165, 1.54) is 0 Å². The van der Waals surface area contributed by atoms with Crippen molar-refractivity contribution in [2.75, 3.05) is 40.3 Å². The summed E-state index contributed by atoms with van der Waals surface area (Å²) in [7, 11) is 3.85. The van der Waals surface area contributed by atoms with Crippen molar-refractivity contribution in [3.05, 3.63) is 29.6 Å². The first-order chi connectivity index (χ1) is 12.0. The van der Waals surface area contributed by atoms with E-state index in [1.807, 2.05) is 49.0 Å². The highest BCUT2D eigenvalue weighted by atomic mass is 16.6. The molecule has 1 spiro atoms. The van der Waals surface area contributed by atoms with Crippen LogP contribution in [0.5, 0.6) is 0 Å². The van der Waals surface area contributed by atoms with Crippen molar-refractivity contribution in [3.8, 4) is 0 Å². The van der Waals surface area contributed by atoms with Crippen LogP contribution in [0, 0.1) is 6.92 Å². The van der Waals surface area contributed by atoms with Crippen LogP contribution in [0.4, 0.5) is 0 Å². The lowest BCUT2D eigenvalue weighted by atomic mass is 9.88. The SMILES string of the molecule is Cc1cccc(CO[C@H]2COC3(CCN(C(=O)CN(C)C)CC3)C2)n1. The average Bonchev–Trinajstić information content (AvgIpc) is 2.96. The van der Waals surface area contributed by atoms with Gasteiger partial charge < -0.3 is 19.3 Å². The second-order valence-corrected chi connectivity index (χ2v) is 7.52. The van der Waals surface area contributed by atoms with Gasteiger partial charge in [0.1, 0.15) is 0 Å². The fourth-order valence-electron chi connectivity index (χ4n) is 3.68. The van der Waals surface area contributed by atoms with Crippen LogP contribution in [0.2, 0.25) is 0 Å². The zero-order valence-corrected chi connectivity index (χ0v) is 15.5. The van der Waals surface area contributed by atoms with Gasteiger partial charge in [-0.1, -0.05) is 6.07 Å². The zero-order chi connectivity index (χ0) is 17.9. The molecule has 2 saturated heterocycles. The van der Waals surface area contributed by atoms with E-state index in [4.69, 9.17) is 9.47 Å². The Labute approximate surface area is 150 Å². The van der Waals surface area contributed by atoms with Crippen LogP contribution in [-0.4, -0.2) is 72.7 Å². The molecule has 1 amide bonds. The van der Waals surface area contributed by atoms with E-state index in [-0.39, 0.29) is 17.6 Å². The van der Waals surface area contributed by atoms with Crippen molar-refractivity contribution in [1.82, 2.24) is 14.8 Å². The monoisotopic (exact) mass is 347 g/mol. The lowest BCUT2D eigenvalue weighted by Gasteiger charge is -2.39. The Hall–Kier alpha value is -1.50. The van der Waals surface area contributed by atoms with Gasteiger partial charge in [-0.05, 0) is 46.0 Å². The number of hydrogen-bond donors (Lipinski definition) is 0. The molecule has 2 fully saturated rings. The number of amides is 1. The van der Waals surface area contributed by atoms with Crippen LogP contribution in [-0.2, 0) is 20.9 Å². The number of piperidine rings is 1. The van der Waals surface area contributed by atoms with Crippen LogP contribution in [0.25, 0.3) is 0 Å². The smallest absolute Gasteiger partial charge is 0.236 e. The molecule has 138 valence electrons. The Kier molecular flexibility index (Phi) is 5.71. The van der Waals surface area contributed by atoms with Gasteiger partial charge in [-0.25, -0.2) is 0 Å². The number of carbonyl (C=O) groups excluding carboxylic acids is 1. The molecule has 3 heterocycles. The van der Waals surface area contributed by atoms with E-state index in [2.05, 4.69) is 4.98 Å². The van der Waals surface area contributed by atoms with Gasteiger partial charge in [0, 0.05) is 25.2 Å². The predicted octanol–water partition coefficient (Wildman–Crippen LogP) is 1.62. The summed E-state index contributed by atoms with van der Waals surface area (Å²) in [5, 5.41) is 0. The summed E-state index contributed by atoms with van der Waals surface area (Å²) in [6, 6.07) is 5.99. The maximum Gasteiger partial charge on any atom is 0.236 e. The molecule has 0 aliphatic carbocycles. The zero-order valence-electron chi connectivity index (χ0n) is 15.5. The number of hydrogen-bond acceptors (Lipinski definition) is 5. The Morgan fingerprint density at radius 2 is 2.16 bits per heavy atom. The maximum absolute atomic E-state index is 12.2. The molecule has 25 heavy (non-hydrogen) atoms. The summed E-state index contributed by atoms with van der Waals surface area (Å²) < 4.78 is 12.1. The summed E-state index contributed by atoms with van der Waals surface area (Å²) in [5.41, 5.74) is 1.86. The molecule has 1 aromatic rings. The van der Waals surface area contributed by atoms with Gasteiger partial charge in [-0.3, -0.25) is 9.78 Å². The van der Waals surface area contributed by atoms with E-state index in [9.17, 15) is 4.79 Å². The number of nitrogens with zero attached hydrogens (tertiary/aromatic N) is 3. The largest absolute Gasteiger partial charge is 0.372 e. The highest BCUT2D eigenvalue weighted by Gasteiger charge is 2.43. The van der Waals surface area contributed by atoms with Gasteiger partial charge in [-0.2, -0.15) is 0 Å². The summed E-state index contributed by atoms with van der Waals surface area (Å²) in [6.45, 7) is 5.18. The number of pyridine rings is 1. The number of ether oxygens (including phenoxy) is 2. The van der Waals surface area contributed by atoms with Crippen molar-refractivity contribution in [2.24, 2.45) is 0 Å². The highest BCUT2D eigenvalue weighted by Crippen LogP contribution is 2.37. The van der Waals surface area contributed by atoms with Crippen LogP contribution >= 0.6 is 0 Å². The van der Waals surface area contributed by atoms with E-state index in [0.29, 0.717) is 19.8 Å². The minimum absolute atomic E-state index is 0.112. The topological polar surface area (TPSA) is 54.9 Å². The molecule has 0 bridgehead atoms. The van der Waals surface area contributed by atoms with E-state index in [0.717, 1.165) is 43.7 Å². The molecule has 0 radical (unpaired) electrons. The number of likely N-dealkylation sites (tertiary alicyclic amines) is 1. The molecule has 0 saturated carbocycles. The molecule has 6 heteroatoms. The summed E-state index contributed by atoms with van der Waals surface area (Å²) in [6.07, 6.45) is 2.82. The van der Waals surface area contributed by atoms with E-state index >= 15 is 0 Å². The lowest BCUT2D eigenvalue weighted by molar-refractivity contribution is -0.136. The van der Waals surface area contributed by atoms with Crippen LogP contribution < -0.4 is 0 Å². The average molecular weight is 347 g/mol. The molecular weight excluding hydrogens is 318 g/mol. The summed E-state index contributed by atoms with van der Waals surface area (Å²) in [5.74, 6) is 0.205. The third kappa shape index (κ3) is 4.77. The van der Waals surface area contributed by atoms with Crippen molar-refractivity contribution in [2.45, 2.75) is 44.5 Å². The normalized spacial score (nSPS) is 22.7. The Balaban J connectivity index is 1.46. The molecular formula is C19H29N3O3. The number of carbonyl (C=O) groups is 1. The quantitative estimate of drug-likeness (QED) is 0.810. The first kappa shape index (κ1) is 18.3. The fraction of sp³-hybridized carbons (Fsp3) is 0.684. The number of rotatable bonds is 5. The third-order valence-corrected chi connectivity index (χ3v) is 5.07. The van der Waals surface area contributed by atoms with Crippen molar-refractivity contribution < 1.29 is 14.3 Å². The number of aryl methyl sites for hydroxylation is 1. The molecule has 6 nitrogen and oxygen atoms in total. The molecule has 2 aliphatic heterocycles. The van der Waals surface area contributed by atoms with Gasteiger partial charge >= 0.3 is 0 Å². The molecule has 2 aliphatic rings. The Morgan fingerprint density at radius 3 is 2.84 bits per heavy atom. The molecule has 0 N–H and O–H groups in total. The third-order valence-electron chi connectivity index (χ3n) is 5.07.